The lowest BCUT2D eigenvalue weighted by Gasteiger charge is -2.39. The van der Waals surface area contributed by atoms with Crippen molar-refractivity contribution >= 4 is 40.6 Å². The number of rotatable bonds is 8. The van der Waals surface area contributed by atoms with E-state index in [4.69, 9.17) is 14.5 Å². The lowest BCUT2D eigenvalue weighted by atomic mass is 9.84. The molecule has 66 heavy (non-hydrogen) atoms. The Morgan fingerprint density at radius 1 is 1.03 bits per heavy atom. The van der Waals surface area contributed by atoms with Gasteiger partial charge in [-0.15, -0.1) is 0 Å². The molecule has 7 rings (SSSR count). The Labute approximate surface area is 386 Å². The Morgan fingerprint density at radius 3 is 2.45 bits per heavy atom. The predicted molar refractivity (Wildman–Crippen MR) is 251 cm³/mol. The Morgan fingerprint density at radius 2 is 1.76 bits per heavy atom. The van der Waals surface area contributed by atoms with Crippen LogP contribution in [-0.4, -0.2) is 136 Å². The van der Waals surface area contributed by atoms with Crippen molar-refractivity contribution < 1.29 is 38.6 Å². The van der Waals surface area contributed by atoms with Crippen molar-refractivity contribution in [3.63, 3.8) is 0 Å². The number of nitrogens with one attached hydrogen (secondary N) is 2. The maximum atomic E-state index is 14.7. The Balaban J connectivity index is 1.28. The van der Waals surface area contributed by atoms with Crippen molar-refractivity contribution in [1.82, 2.24) is 40.0 Å². The van der Waals surface area contributed by atoms with Crippen molar-refractivity contribution in [2.24, 2.45) is 18.4 Å². The number of phenols is 1. The number of esters is 1. The minimum Gasteiger partial charge on any atom is -0.508 e. The summed E-state index contributed by atoms with van der Waals surface area (Å²) in [6.07, 6.45) is 4.19. The number of carbonyl (C=O) groups excluding carboxylic acids is 5. The number of ether oxygens (including phenoxy) is 2. The number of hydrogen-bond donors (Lipinski definition) is 3. The molecule has 4 atom stereocenters. The van der Waals surface area contributed by atoms with E-state index < -0.39 is 41.3 Å². The van der Waals surface area contributed by atoms with E-state index in [-0.39, 0.29) is 62.4 Å². The topological polar surface area (TPSA) is 179 Å². The number of piperazine rings is 1. The molecule has 0 unspecified atom stereocenters. The summed E-state index contributed by atoms with van der Waals surface area (Å²) >= 11 is 0. The molecule has 2 aromatic carbocycles. The number of likely N-dealkylation sites (N-methyl/N-ethyl adjacent to an activating group) is 1. The maximum absolute atomic E-state index is 14.7. The van der Waals surface area contributed by atoms with Gasteiger partial charge in [0.1, 0.15) is 23.9 Å². The van der Waals surface area contributed by atoms with Crippen LogP contribution in [0.25, 0.3) is 33.3 Å². The minimum absolute atomic E-state index is 0.0142. The summed E-state index contributed by atoms with van der Waals surface area (Å²) in [6, 6.07) is 12.0. The number of hydrogen-bond acceptors (Lipinski definition) is 10. The van der Waals surface area contributed by atoms with Gasteiger partial charge in [-0.05, 0) is 96.8 Å². The molecule has 3 aliphatic heterocycles. The number of hydrazine groups is 1. The van der Waals surface area contributed by atoms with Gasteiger partial charge in [-0.1, -0.05) is 46.4 Å². The molecule has 6 bridgehead atoms. The van der Waals surface area contributed by atoms with E-state index in [9.17, 15) is 29.1 Å². The lowest BCUT2D eigenvalue weighted by molar-refractivity contribution is -0.155. The van der Waals surface area contributed by atoms with Crippen LogP contribution in [0.15, 0.2) is 67.4 Å². The molecule has 2 saturated heterocycles. The maximum Gasteiger partial charge on any atom is 0.324 e. The van der Waals surface area contributed by atoms with Gasteiger partial charge in [0.15, 0.2) is 0 Å². The van der Waals surface area contributed by atoms with E-state index in [1.165, 1.54) is 16.0 Å². The summed E-state index contributed by atoms with van der Waals surface area (Å²) in [5.41, 5.74) is 9.38. The van der Waals surface area contributed by atoms with Gasteiger partial charge >= 0.3 is 12.0 Å². The van der Waals surface area contributed by atoms with Crippen molar-refractivity contribution in [2.75, 3.05) is 53.5 Å². The van der Waals surface area contributed by atoms with E-state index in [0.29, 0.717) is 43.5 Å². The zero-order valence-corrected chi connectivity index (χ0v) is 39.4. The van der Waals surface area contributed by atoms with Crippen LogP contribution < -0.4 is 10.7 Å². The molecule has 3 aliphatic rings. The summed E-state index contributed by atoms with van der Waals surface area (Å²) in [7, 11) is 5.26. The first-order valence-corrected chi connectivity index (χ1v) is 22.8. The highest BCUT2D eigenvalue weighted by atomic mass is 16.5. The van der Waals surface area contributed by atoms with Gasteiger partial charge in [0.2, 0.25) is 11.8 Å². The Bertz CT molecular complexity index is 2510. The van der Waals surface area contributed by atoms with Gasteiger partial charge in [0.25, 0.3) is 5.91 Å². The average molecular weight is 905 g/mol. The largest absolute Gasteiger partial charge is 0.508 e. The minimum atomic E-state index is -1.17. The summed E-state index contributed by atoms with van der Waals surface area (Å²) < 4.78 is 14.0. The second kappa shape index (κ2) is 19.7. The zero-order valence-electron chi connectivity index (χ0n) is 39.4. The number of nitrogens with zero attached hydrogens (tertiary/aromatic N) is 6. The third-order valence-electron chi connectivity index (χ3n) is 13.2. The quantitative estimate of drug-likeness (QED) is 0.154. The number of benzene rings is 2. The van der Waals surface area contributed by atoms with Gasteiger partial charge in [-0.25, -0.2) is 10.2 Å². The van der Waals surface area contributed by atoms with Crippen molar-refractivity contribution in [3.8, 4) is 28.1 Å². The standard InChI is InChI=1S/C50H64N8O8/c1-10-42(60)56-19-21-57(22-20-56)49(64)55(8)44(30(2)3)46(61)52-40-25-32-23-34(26-35(59)24-32)33-15-16-41-37(27-33)38(45(54(41)7)36-13-11-17-51-43(36)31(4)65-9)28-50(5,6)29-66-48(63)39-14-12-18-58(53-39)47(40)62/h10-11,13,15-17,23-24,26-27,30-31,39-40,44,53,59H,1,12,14,18-22,25,28-29H2,2-9H3,(H,52,61)/t31-,39-,40-,44-/m0/s1. The van der Waals surface area contributed by atoms with Crippen LogP contribution in [0.4, 0.5) is 4.79 Å². The summed E-state index contributed by atoms with van der Waals surface area (Å²) in [6.45, 7) is 14.9. The fourth-order valence-electron chi connectivity index (χ4n) is 9.64. The molecule has 5 heterocycles. The van der Waals surface area contributed by atoms with Crippen LogP contribution >= 0.6 is 0 Å². The van der Waals surface area contributed by atoms with Gasteiger partial charge < -0.3 is 39.2 Å². The van der Waals surface area contributed by atoms with E-state index in [1.54, 1.807) is 42.3 Å². The summed E-state index contributed by atoms with van der Waals surface area (Å²) in [5, 5.41) is 16.6. The van der Waals surface area contributed by atoms with Crippen LogP contribution in [0.5, 0.6) is 5.75 Å². The number of aromatic hydroxyl groups is 1. The number of aromatic nitrogens is 2. The first-order chi connectivity index (χ1) is 31.4. The number of pyridine rings is 1. The zero-order chi connectivity index (χ0) is 47.6. The average Bonchev–Trinajstić information content (AvgIpc) is 3.57. The second-order valence-electron chi connectivity index (χ2n) is 18.9. The number of aryl methyl sites for hydroxylation is 1. The van der Waals surface area contributed by atoms with Crippen molar-refractivity contribution in [3.05, 3.63) is 84.2 Å². The van der Waals surface area contributed by atoms with Gasteiger partial charge in [-0.2, -0.15) is 0 Å². The molecule has 0 radical (unpaired) electrons. The molecule has 16 heteroatoms. The highest BCUT2D eigenvalue weighted by molar-refractivity contribution is 5.96. The van der Waals surface area contributed by atoms with Crippen LogP contribution in [0.2, 0.25) is 0 Å². The molecule has 352 valence electrons. The number of phenolic OH excluding ortho intramolecular Hbond substituents is 1. The van der Waals surface area contributed by atoms with Crippen molar-refractivity contribution in [2.45, 2.75) is 84.5 Å². The summed E-state index contributed by atoms with van der Waals surface area (Å²) in [5.74, 6) is -2.08. The fourth-order valence-corrected chi connectivity index (χ4v) is 9.64. The van der Waals surface area contributed by atoms with Gasteiger partial charge in [0, 0.05) is 88.4 Å². The first kappa shape index (κ1) is 47.7. The molecule has 0 aliphatic carbocycles. The second-order valence-corrected chi connectivity index (χ2v) is 18.9. The molecule has 3 N–H and O–H groups in total. The number of amides is 5. The third kappa shape index (κ3) is 9.94. The van der Waals surface area contributed by atoms with E-state index >= 15 is 0 Å². The highest BCUT2D eigenvalue weighted by Gasteiger charge is 2.39. The molecular formula is C50H64N8O8. The molecule has 16 nitrogen and oxygen atoms in total. The molecule has 2 fully saturated rings. The van der Waals surface area contributed by atoms with E-state index in [0.717, 1.165) is 39.0 Å². The van der Waals surface area contributed by atoms with Gasteiger partial charge in [0.05, 0.1) is 24.1 Å². The first-order valence-electron chi connectivity index (χ1n) is 22.8. The highest BCUT2D eigenvalue weighted by Crippen LogP contribution is 2.41. The molecule has 0 saturated carbocycles. The number of methoxy groups -OCH3 is 1. The Hall–Kier alpha value is -6.26. The predicted octanol–water partition coefficient (Wildman–Crippen LogP) is 5.38. The molecule has 5 amide bonds. The smallest absolute Gasteiger partial charge is 0.324 e. The lowest BCUT2D eigenvalue weighted by Crippen LogP contribution is -2.63. The SMILES string of the molecule is C=CC(=O)N1CCN(C(=O)N(C)[C@H](C(=O)N[C@H]2Cc3cc(O)cc(c3)-c3ccc4c(c3)c(c(-c3cccnc3[C@H](C)OC)n4C)CC(C)(C)COC(=O)[C@@H]3CCCN(N3)C2=O)C(C)C)CC1. The molecule has 4 aromatic rings. The van der Waals surface area contributed by atoms with E-state index in [1.807, 2.05) is 46.0 Å². The molecular weight excluding hydrogens is 841 g/mol. The molecule has 0 spiro atoms. The van der Waals surface area contributed by atoms with Crippen LogP contribution in [0.3, 0.4) is 0 Å². The van der Waals surface area contributed by atoms with E-state index in [2.05, 4.69) is 53.9 Å². The normalized spacial score (nSPS) is 20.0. The number of carbonyl (C=O) groups is 5. The number of cyclic esters (lactones) is 1. The van der Waals surface area contributed by atoms with Gasteiger partial charge in [-0.3, -0.25) is 29.2 Å². The number of fused-ring (bicyclic) bond motifs is 6. The Kier molecular flexibility index (Phi) is 14.2. The van der Waals surface area contributed by atoms with Crippen LogP contribution in [-0.2, 0) is 48.5 Å². The van der Waals surface area contributed by atoms with Crippen molar-refractivity contribution in [1.29, 1.82) is 0 Å². The monoisotopic (exact) mass is 904 g/mol. The van der Waals surface area contributed by atoms with Crippen LogP contribution in [0, 0.1) is 11.3 Å². The third-order valence-corrected chi connectivity index (χ3v) is 13.2. The van der Waals surface area contributed by atoms with Crippen LogP contribution in [0.1, 0.15) is 70.4 Å². The fraction of sp³-hybridized carbons (Fsp3) is 0.480. The summed E-state index contributed by atoms with van der Waals surface area (Å²) in [4.78, 5) is 78.6. The number of urea groups is 1. The molecule has 2 aromatic heterocycles.